The Kier molecular flexibility index (Phi) is 7.93. The number of methoxy groups -OCH3 is 3. The van der Waals surface area contributed by atoms with Crippen LogP contribution in [-0.2, 0) is 5.75 Å². The van der Waals surface area contributed by atoms with E-state index in [0.717, 1.165) is 27.9 Å². The maximum absolute atomic E-state index is 5.77. The summed E-state index contributed by atoms with van der Waals surface area (Å²) in [5, 5.41) is 3.87. The summed E-state index contributed by atoms with van der Waals surface area (Å²) in [6, 6.07) is 33.8. The average Bonchev–Trinajstić information content (AvgIpc) is 2.89. The highest BCUT2D eigenvalue weighted by Crippen LogP contribution is 2.39. The molecule has 33 heavy (non-hydrogen) atoms. The van der Waals surface area contributed by atoms with E-state index in [2.05, 4.69) is 78.9 Å². The first-order valence-electron chi connectivity index (χ1n) is 10.7. The molecule has 0 spiro atoms. The topological polar surface area (TPSA) is 27.7 Å². The molecule has 0 bridgehead atoms. The SMILES string of the molecule is COc1cc(OC)cc(SCc2ccccc2P(c2ccccc2)c2ccccc2OC)c1. The van der Waals surface area contributed by atoms with Gasteiger partial charge in [-0.05, 0) is 42.3 Å². The number of rotatable bonds is 9. The van der Waals surface area contributed by atoms with Crippen LogP contribution in [0, 0.1) is 0 Å². The fourth-order valence-electron chi connectivity index (χ4n) is 3.68. The van der Waals surface area contributed by atoms with Gasteiger partial charge in [-0.15, -0.1) is 11.8 Å². The standard InChI is InChI=1S/C28H27O3PS/c1-29-22-17-23(30-2)19-25(18-22)33-20-21-11-7-9-15-27(21)32(24-12-5-4-6-13-24)28-16-10-8-14-26(28)31-3/h4-19H,20H2,1-3H3. The zero-order valence-electron chi connectivity index (χ0n) is 19.0. The van der Waals surface area contributed by atoms with Gasteiger partial charge in [0.2, 0.25) is 0 Å². The van der Waals surface area contributed by atoms with Crippen LogP contribution in [0.5, 0.6) is 17.2 Å². The van der Waals surface area contributed by atoms with E-state index < -0.39 is 7.92 Å². The molecular formula is C28H27O3PS. The van der Waals surface area contributed by atoms with E-state index in [-0.39, 0.29) is 0 Å². The highest BCUT2D eigenvalue weighted by atomic mass is 32.2. The summed E-state index contributed by atoms with van der Waals surface area (Å²) in [5.74, 6) is 3.36. The molecule has 0 fully saturated rings. The molecule has 0 aliphatic rings. The third-order valence-corrected chi connectivity index (χ3v) is 8.90. The van der Waals surface area contributed by atoms with Gasteiger partial charge in [0.1, 0.15) is 17.2 Å². The zero-order chi connectivity index (χ0) is 23.0. The van der Waals surface area contributed by atoms with Crippen molar-refractivity contribution in [2.24, 2.45) is 0 Å². The van der Waals surface area contributed by atoms with Crippen LogP contribution in [-0.4, -0.2) is 21.3 Å². The van der Waals surface area contributed by atoms with Gasteiger partial charge in [0.05, 0.1) is 21.3 Å². The summed E-state index contributed by atoms with van der Waals surface area (Å²) in [7, 11) is 4.32. The molecular weight excluding hydrogens is 447 g/mol. The van der Waals surface area contributed by atoms with Crippen molar-refractivity contribution < 1.29 is 14.2 Å². The lowest BCUT2D eigenvalue weighted by molar-refractivity contribution is 0.392. The Bertz CT molecular complexity index is 1170. The Labute approximate surface area is 201 Å². The molecule has 4 aromatic carbocycles. The Morgan fingerprint density at radius 1 is 0.636 bits per heavy atom. The molecule has 4 rings (SSSR count). The summed E-state index contributed by atoms with van der Waals surface area (Å²) >= 11 is 1.78. The summed E-state index contributed by atoms with van der Waals surface area (Å²) in [6.07, 6.45) is 0. The van der Waals surface area contributed by atoms with Crippen LogP contribution in [0.15, 0.2) is 102 Å². The van der Waals surface area contributed by atoms with Crippen molar-refractivity contribution in [2.75, 3.05) is 21.3 Å². The van der Waals surface area contributed by atoms with Gasteiger partial charge in [-0.3, -0.25) is 0 Å². The fourth-order valence-corrected chi connectivity index (χ4v) is 7.34. The minimum absolute atomic E-state index is 0.780. The second-order valence-corrected chi connectivity index (χ2v) is 10.5. The highest BCUT2D eigenvalue weighted by molar-refractivity contribution is 7.98. The first kappa shape index (κ1) is 23.2. The van der Waals surface area contributed by atoms with Crippen LogP contribution in [0.4, 0.5) is 0 Å². The van der Waals surface area contributed by atoms with Crippen molar-refractivity contribution in [3.8, 4) is 17.2 Å². The molecule has 0 radical (unpaired) electrons. The molecule has 0 heterocycles. The van der Waals surface area contributed by atoms with Crippen LogP contribution in [0.2, 0.25) is 0 Å². The molecule has 0 amide bonds. The second kappa shape index (κ2) is 11.3. The molecule has 0 aliphatic heterocycles. The summed E-state index contributed by atoms with van der Waals surface area (Å²) in [4.78, 5) is 1.11. The van der Waals surface area contributed by atoms with E-state index in [0.29, 0.717) is 0 Å². The maximum Gasteiger partial charge on any atom is 0.127 e. The van der Waals surface area contributed by atoms with E-state index in [1.807, 2.05) is 18.2 Å². The predicted octanol–water partition coefficient (Wildman–Crippen LogP) is 5.76. The molecule has 4 aromatic rings. The van der Waals surface area contributed by atoms with Gasteiger partial charge in [-0.1, -0.05) is 72.8 Å². The first-order valence-corrected chi connectivity index (χ1v) is 13.0. The third-order valence-electron chi connectivity index (χ3n) is 5.29. The van der Waals surface area contributed by atoms with Crippen molar-refractivity contribution in [1.82, 2.24) is 0 Å². The second-order valence-electron chi connectivity index (χ2n) is 7.31. The van der Waals surface area contributed by atoms with Gasteiger partial charge in [0.15, 0.2) is 0 Å². The maximum atomic E-state index is 5.77. The van der Waals surface area contributed by atoms with E-state index >= 15 is 0 Å². The van der Waals surface area contributed by atoms with Gasteiger partial charge in [0, 0.05) is 22.0 Å². The summed E-state index contributed by atoms with van der Waals surface area (Å²) in [6.45, 7) is 0. The molecule has 1 unspecified atom stereocenters. The lowest BCUT2D eigenvalue weighted by atomic mass is 10.2. The van der Waals surface area contributed by atoms with Gasteiger partial charge in [0.25, 0.3) is 0 Å². The lowest BCUT2D eigenvalue weighted by Crippen LogP contribution is -2.24. The number of hydrogen-bond donors (Lipinski definition) is 0. The minimum Gasteiger partial charge on any atom is -0.497 e. The quantitative estimate of drug-likeness (QED) is 0.228. The lowest BCUT2D eigenvalue weighted by Gasteiger charge is -2.24. The molecule has 1 atom stereocenters. The number of benzene rings is 4. The molecule has 0 aliphatic carbocycles. The number of thioether (sulfide) groups is 1. The Morgan fingerprint density at radius 2 is 1.24 bits per heavy atom. The average molecular weight is 475 g/mol. The molecule has 0 aromatic heterocycles. The zero-order valence-corrected chi connectivity index (χ0v) is 20.7. The normalized spacial score (nSPS) is 11.6. The van der Waals surface area contributed by atoms with Gasteiger partial charge >= 0.3 is 0 Å². The van der Waals surface area contributed by atoms with Crippen molar-refractivity contribution in [1.29, 1.82) is 0 Å². The Balaban J connectivity index is 1.73. The van der Waals surface area contributed by atoms with Gasteiger partial charge < -0.3 is 14.2 Å². The van der Waals surface area contributed by atoms with E-state index in [1.54, 1.807) is 33.1 Å². The highest BCUT2D eigenvalue weighted by Gasteiger charge is 2.22. The molecule has 5 heteroatoms. The number of hydrogen-bond acceptors (Lipinski definition) is 4. The Morgan fingerprint density at radius 3 is 1.91 bits per heavy atom. The number of para-hydroxylation sites is 1. The van der Waals surface area contributed by atoms with Crippen LogP contribution >= 0.6 is 19.7 Å². The number of ether oxygens (including phenoxy) is 3. The first-order chi connectivity index (χ1) is 16.2. The monoisotopic (exact) mass is 474 g/mol. The minimum atomic E-state index is -0.780. The third kappa shape index (κ3) is 5.52. The van der Waals surface area contributed by atoms with Crippen LogP contribution < -0.4 is 30.1 Å². The summed E-state index contributed by atoms with van der Waals surface area (Å²) in [5.41, 5.74) is 1.31. The van der Waals surface area contributed by atoms with E-state index in [9.17, 15) is 0 Å². The molecule has 0 saturated heterocycles. The van der Waals surface area contributed by atoms with E-state index in [1.165, 1.54) is 21.5 Å². The fraction of sp³-hybridized carbons (Fsp3) is 0.143. The largest absolute Gasteiger partial charge is 0.497 e. The van der Waals surface area contributed by atoms with Crippen molar-refractivity contribution >= 4 is 35.6 Å². The molecule has 0 saturated carbocycles. The van der Waals surface area contributed by atoms with Crippen LogP contribution in [0.25, 0.3) is 0 Å². The molecule has 3 nitrogen and oxygen atoms in total. The van der Waals surface area contributed by atoms with Crippen molar-refractivity contribution in [3.63, 3.8) is 0 Å². The van der Waals surface area contributed by atoms with Crippen LogP contribution in [0.1, 0.15) is 5.56 Å². The molecule has 0 N–H and O–H groups in total. The van der Waals surface area contributed by atoms with Crippen LogP contribution in [0.3, 0.4) is 0 Å². The van der Waals surface area contributed by atoms with Gasteiger partial charge in [-0.2, -0.15) is 0 Å². The summed E-state index contributed by atoms with van der Waals surface area (Å²) < 4.78 is 16.7. The smallest absolute Gasteiger partial charge is 0.127 e. The predicted molar refractivity (Wildman–Crippen MR) is 141 cm³/mol. The Hall–Kier alpha value is -2.94. The van der Waals surface area contributed by atoms with Crippen molar-refractivity contribution in [2.45, 2.75) is 10.6 Å². The van der Waals surface area contributed by atoms with Crippen molar-refractivity contribution in [3.05, 3.63) is 103 Å². The van der Waals surface area contributed by atoms with E-state index in [4.69, 9.17) is 14.2 Å². The molecule has 168 valence electrons. The van der Waals surface area contributed by atoms with Gasteiger partial charge in [-0.25, -0.2) is 0 Å².